The van der Waals surface area contributed by atoms with Crippen molar-refractivity contribution < 1.29 is 56.9 Å². The summed E-state index contributed by atoms with van der Waals surface area (Å²) in [6, 6.07) is 0. The SMILES string of the molecule is CCCCCCCCCCCCCCCCCCO.CCOOS(=O)(=O)[O-].[Na+]. The summed E-state index contributed by atoms with van der Waals surface area (Å²) in [4.78, 5) is 3.80. The molecule has 0 aromatic heterocycles. The van der Waals surface area contributed by atoms with Crippen LogP contribution < -0.4 is 29.6 Å². The van der Waals surface area contributed by atoms with Crippen LogP contribution in [0.2, 0.25) is 0 Å². The van der Waals surface area contributed by atoms with E-state index in [-0.39, 0.29) is 36.2 Å². The van der Waals surface area contributed by atoms with Crippen LogP contribution >= 0.6 is 0 Å². The van der Waals surface area contributed by atoms with E-state index in [0.29, 0.717) is 6.61 Å². The van der Waals surface area contributed by atoms with E-state index in [9.17, 15) is 13.0 Å². The van der Waals surface area contributed by atoms with Crippen LogP contribution in [0.1, 0.15) is 117 Å². The van der Waals surface area contributed by atoms with Gasteiger partial charge >= 0.3 is 29.6 Å². The van der Waals surface area contributed by atoms with Gasteiger partial charge in [0.2, 0.25) is 10.4 Å². The zero-order valence-corrected chi connectivity index (χ0v) is 21.4. The first-order valence-electron chi connectivity index (χ1n) is 10.9. The van der Waals surface area contributed by atoms with Gasteiger partial charge in [0.15, 0.2) is 0 Å². The van der Waals surface area contributed by atoms with E-state index < -0.39 is 10.4 Å². The molecule has 0 unspecified atom stereocenters. The Kier molecular flexibility index (Phi) is 33.2. The molecule has 28 heavy (non-hydrogen) atoms. The van der Waals surface area contributed by atoms with Crippen molar-refractivity contribution in [2.45, 2.75) is 117 Å². The largest absolute Gasteiger partial charge is 1.00 e. The van der Waals surface area contributed by atoms with E-state index in [2.05, 4.69) is 16.1 Å². The van der Waals surface area contributed by atoms with Crippen molar-refractivity contribution in [3.05, 3.63) is 0 Å². The normalized spacial score (nSPS) is 10.9. The van der Waals surface area contributed by atoms with E-state index in [1.807, 2.05) is 0 Å². The summed E-state index contributed by atoms with van der Waals surface area (Å²) in [5.41, 5.74) is 0. The molecule has 166 valence electrons. The molecule has 0 fully saturated rings. The van der Waals surface area contributed by atoms with Crippen LogP contribution in [0.4, 0.5) is 0 Å². The molecular weight excluding hydrogens is 391 g/mol. The average molecular weight is 435 g/mol. The molecule has 0 radical (unpaired) electrons. The van der Waals surface area contributed by atoms with Crippen LogP contribution in [0.25, 0.3) is 0 Å². The van der Waals surface area contributed by atoms with Gasteiger partial charge in [-0.15, -0.1) is 4.33 Å². The Morgan fingerprint density at radius 3 is 1.21 bits per heavy atom. The number of hydrogen-bond acceptors (Lipinski definition) is 6. The fraction of sp³-hybridized carbons (Fsp3) is 1.00. The third-order valence-electron chi connectivity index (χ3n) is 4.26. The fourth-order valence-electron chi connectivity index (χ4n) is 2.77. The maximum absolute atomic E-state index is 9.49. The smallest absolute Gasteiger partial charge is 0.724 e. The molecule has 0 spiro atoms. The van der Waals surface area contributed by atoms with E-state index in [1.54, 1.807) is 0 Å². The van der Waals surface area contributed by atoms with E-state index in [0.717, 1.165) is 6.42 Å². The second kappa shape index (κ2) is 27.8. The number of unbranched alkanes of at least 4 members (excludes halogenated alkanes) is 15. The minimum atomic E-state index is -4.66. The first-order chi connectivity index (χ1) is 13.0. The van der Waals surface area contributed by atoms with Crippen molar-refractivity contribution in [2.75, 3.05) is 13.2 Å². The summed E-state index contributed by atoms with van der Waals surface area (Å²) in [5.74, 6) is 0. The van der Waals surface area contributed by atoms with Crippen molar-refractivity contribution in [1.29, 1.82) is 0 Å². The zero-order chi connectivity index (χ0) is 20.6. The number of aliphatic hydroxyl groups is 1. The molecule has 0 aliphatic heterocycles. The summed E-state index contributed by atoms with van der Waals surface area (Å²) in [6.45, 7) is 4.18. The molecule has 0 saturated heterocycles. The van der Waals surface area contributed by atoms with Crippen LogP contribution in [0.15, 0.2) is 0 Å². The Labute approximate surface area is 196 Å². The standard InChI is InChI=1S/C18H38O.C2H6O5S.Na/c1-2-3-4-5-6-7-8-9-10-11-12-13-14-15-16-17-18-19;1-2-6-7-8(3,4)5;/h19H,2-18H2,1H3;2H2,1H3,(H,3,4,5);/q;;+1/p-1. The van der Waals surface area contributed by atoms with Crippen LogP contribution in [-0.4, -0.2) is 31.3 Å². The Morgan fingerprint density at radius 1 is 0.679 bits per heavy atom. The van der Waals surface area contributed by atoms with Crippen LogP contribution in [0, 0.1) is 0 Å². The van der Waals surface area contributed by atoms with Gasteiger partial charge < -0.3 is 9.66 Å². The summed E-state index contributed by atoms with van der Waals surface area (Å²) < 4.78 is 31.8. The Hall–Kier alpha value is 0.790. The van der Waals surface area contributed by atoms with Gasteiger partial charge in [-0.2, -0.15) is 0 Å². The number of aliphatic hydroxyl groups excluding tert-OH is 1. The first kappa shape index (κ1) is 33.4. The van der Waals surface area contributed by atoms with Gasteiger partial charge in [0, 0.05) is 6.61 Å². The van der Waals surface area contributed by atoms with Gasteiger partial charge in [-0.05, 0) is 13.3 Å². The van der Waals surface area contributed by atoms with Gasteiger partial charge in [0.25, 0.3) is 0 Å². The molecule has 6 nitrogen and oxygen atoms in total. The molecule has 0 aliphatic rings. The Bertz CT molecular complexity index is 350. The van der Waals surface area contributed by atoms with Crippen LogP contribution in [-0.2, 0) is 19.6 Å². The van der Waals surface area contributed by atoms with E-state index in [4.69, 9.17) is 5.11 Å². The molecule has 0 bridgehead atoms. The summed E-state index contributed by atoms with van der Waals surface area (Å²) in [7, 11) is -4.66. The number of hydrogen-bond donors (Lipinski definition) is 1. The Balaban J connectivity index is -0.000000587. The average Bonchev–Trinajstić information content (AvgIpc) is 2.63. The first-order valence-corrected chi connectivity index (χ1v) is 12.2. The molecule has 0 amide bonds. The predicted molar refractivity (Wildman–Crippen MR) is 109 cm³/mol. The van der Waals surface area contributed by atoms with Crippen LogP contribution in [0.5, 0.6) is 0 Å². The van der Waals surface area contributed by atoms with Crippen molar-refractivity contribution in [2.24, 2.45) is 0 Å². The number of rotatable bonds is 19. The molecule has 1 N–H and O–H groups in total. The summed E-state index contributed by atoms with van der Waals surface area (Å²) >= 11 is 0. The summed E-state index contributed by atoms with van der Waals surface area (Å²) in [5, 5.41) is 8.67. The fourth-order valence-corrected chi connectivity index (χ4v) is 2.98. The van der Waals surface area contributed by atoms with Crippen molar-refractivity contribution in [1.82, 2.24) is 0 Å². The van der Waals surface area contributed by atoms with Crippen molar-refractivity contribution in [3.63, 3.8) is 0 Å². The third kappa shape index (κ3) is 37.5. The molecule has 0 aromatic rings. The minimum absolute atomic E-state index is 0. The van der Waals surface area contributed by atoms with Gasteiger partial charge in [-0.1, -0.05) is 103 Å². The van der Waals surface area contributed by atoms with Gasteiger partial charge in [0.05, 0.1) is 6.61 Å². The molecule has 8 heteroatoms. The second-order valence-corrected chi connectivity index (χ2v) is 7.86. The van der Waals surface area contributed by atoms with Crippen LogP contribution in [0.3, 0.4) is 0 Å². The Morgan fingerprint density at radius 2 is 1.00 bits per heavy atom. The third-order valence-corrected chi connectivity index (χ3v) is 4.52. The molecule has 0 rings (SSSR count). The quantitative estimate of drug-likeness (QED) is 0.0838. The molecule has 0 heterocycles. The maximum Gasteiger partial charge on any atom is 1.00 e. The zero-order valence-electron chi connectivity index (χ0n) is 18.6. The van der Waals surface area contributed by atoms with Gasteiger partial charge in [-0.25, -0.2) is 13.3 Å². The molecule has 0 aliphatic carbocycles. The second-order valence-electron chi connectivity index (χ2n) is 6.91. The van der Waals surface area contributed by atoms with Crippen molar-refractivity contribution >= 4 is 10.4 Å². The predicted octanol–water partition coefficient (Wildman–Crippen LogP) is 2.66. The monoisotopic (exact) mass is 434 g/mol. The minimum Gasteiger partial charge on any atom is -0.724 e. The molecule has 0 saturated carbocycles. The van der Waals surface area contributed by atoms with Gasteiger partial charge in [0.1, 0.15) is 0 Å². The maximum atomic E-state index is 9.49. The summed E-state index contributed by atoms with van der Waals surface area (Å²) in [6.07, 6.45) is 22.2. The van der Waals surface area contributed by atoms with E-state index in [1.165, 1.54) is 103 Å². The molecule has 0 atom stereocenters. The van der Waals surface area contributed by atoms with E-state index >= 15 is 0 Å². The molecular formula is C20H43NaO6S. The van der Waals surface area contributed by atoms with Crippen molar-refractivity contribution in [3.8, 4) is 0 Å². The topological polar surface area (TPSA) is 95.9 Å². The molecule has 0 aromatic carbocycles. The van der Waals surface area contributed by atoms with Gasteiger partial charge in [-0.3, -0.25) is 0 Å².